The molecule has 22 heavy (non-hydrogen) atoms. The van der Waals surface area contributed by atoms with Gasteiger partial charge in [0.15, 0.2) is 17.3 Å². The first kappa shape index (κ1) is 15.9. The van der Waals surface area contributed by atoms with Gasteiger partial charge in [-0.05, 0) is 26.0 Å². The Kier molecular flexibility index (Phi) is 4.75. The molecule has 0 saturated carbocycles. The van der Waals surface area contributed by atoms with E-state index in [0.29, 0.717) is 5.65 Å². The van der Waals surface area contributed by atoms with E-state index < -0.39 is 0 Å². The van der Waals surface area contributed by atoms with Gasteiger partial charge in [-0.2, -0.15) is 0 Å². The summed E-state index contributed by atoms with van der Waals surface area (Å²) in [5, 5.41) is 0. The Labute approximate surface area is 132 Å². The third-order valence-electron chi connectivity index (χ3n) is 3.14. The Bertz CT molecular complexity index is 647. The molecule has 0 aliphatic heterocycles. The highest BCUT2D eigenvalue weighted by atomic mass is 15.3. The number of rotatable bonds is 6. The number of likely N-dealkylation sites (N-methyl/N-ethyl adjacent to an activating group) is 2. The lowest BCUT2D eigenvalue weighted by Crippen LogP contribution is -2.27. The number of fused-ring (bicyclic) bond motifs is 1. The van der Waals surface area contributed by atoms with Crippen LogP contribution in [0.4, 0.5) is 11.6 Å². The average Bonchev–Trinajstić information content (AvgIpc) is 2.44. The molecule has 0 aromatic carbocycles. The Balaban J connectivity index is 2.53. The summed E-state index contributed by atoms with van der Waals surface area (Å²) in [5.41, 5.74) is 3.58. The van der Waals surface area contributed by atoms with Crippen molar-refractivity contribution in [1.29, 1.82) is 0 Å². The van der Waals surface area contributed by atoms with Crippen molar-refractivity contribution in [1.82, 2.24) is 15.0 Å². The van der Waals surface area contributed by atoms with E-state index >= 15 is 0 Å². The molecule has 116 valence electrons. The van der Waals surface area contributed by atoms with Crippen molar-refractivity contribution < 1.29 is 0 Å². The van der Waals surface area contributed by atoms with Gasteiger partial charge in [-0.3, -0.25) is 0 Å². The van der Waals surface area contributed by atoms with Crippen LogP contribution in [0.1, 0.15) is 13.8 Å². The number of pyridine rings is 1. The van der Waals surface area contributed by atoms with Gasteiger partial charge in [0.05, 0.1) is 0 Å². The number of anilines is 2. The minimum atomic E-state index is 0.651. The van der Waals surface area contributed by atoms with Gasteiger partial charge in [-0.15, -0.1) is 0 Å². The molecule has 0 amide bonds. The summed E-state index contributed by atoms with van der Waals surface area (Å²) in [4.78, 5) is 17.9. The highest BCUT2D eigenvalue weighted by Gasteiger charge is 2.17. The smallest absolute Gasteiger partial charge is 0.180 e. The van der Waals surface area contributed by atoms with Crippen molar-refractivity contribution in [3.05, 3.63) is 42.6 Å². The van der Waals surface area contributed by atoms with E-state index in [9.17, 15) is 0 Å². The van der Waals surface area contributed by atoms with Crippen LogP contribution in [0.3, 0.4) is 0 Å². The van der Waals surface area contributed by atoms with Crippen molar-refractivity contribution >= 4 is 22.8 Å². The van der Waals surface area contributed by atoms with Gasteiger partial charge in [0.2, 0.25) is 0 Å². The van der Waals surface area contributed by atoms with Crippen LogP contribution in [0, 0.1) is 0 Å². The second-order valence-corrected chi connectivity index (χ2v) is 5.84. The predicted molar refractivity (Wildman–Crippen MR) is 93.5 cm³/mol. The molecule has 2 aromatic heterocycles. The molecular formula is C17H23N5. The zero-order valence-electron chi connectivity index (χ0n) is 13.8. The minimum Gasteiger partial charge on any atom is -0.353 e. The summed E-state index contributed by atoms with van der Waals surface area (Å²) in [6.45, 7) is 13.4. The van der Waals surface area contributed by atoms with E-state index in [1.165, 1.54) is 0 Å². The van der Waals surface area contributed by atoms with Gasteiger partial charge in [0.25, 0.3) is 0 Å². The number of hydrogen-bond donors (Lipinski definition) is 0. The molecule has 0 unspecified atom stereocenters. The maximum atomic E-state index is 4.74. The largest absolute Gasteiger partial charge is 0.353 e. The summed E-state index contributed by atoms with van der Waals surface area (Å²) >= 11 is 0. The van der Waals surface area contributed by atoms with Crippen molar-refractivity contribution in [2.45, 2.75) is 13.8 Å². The molecule has 0 aliphatic carbocycles. The van der Waals surface area contributed by atoms with Crippen molar-refractivity contribution in [3.8, 4) is 0 Å². The first-order chi connectivity index (χ1) is 10.4. The molecule has 0 fully saturated rings. The average molecular weight is 297 g/mol. The number of hydrogen-bond acceptors (Lipinski definition) is 5. The minimum absolute atomic E-state index is 0.651. The van der Waals surface area contributed by atoms with Crippen LogP contribution in [-0.2, 0) is 0 Å². The van der Waals surface area contributed by atoms with Crippen LogP contribution < -0.4 is 9.80 Å². The zero-order chi connectivity index (χ0) is 16.3. The lowest BCUT2D eigenvalue weighted by atomic mass is 10.3. The Morgan fingerprint density at radius 1 is 1.00 bits per heavy atom. The van der Waals surface area contributed by atoms with E-state index in [4.69, 9.17) is 9.97 Å². The fourth-order valence-electron chi connectivity index (χ4n) is 2.35. The molecule has 0 radical (unpaired) electrons. The first-order valence-corrected chi connectivity index (χ1v) is 7.22. The molecule has 0 aliphatic rings. The quantitative estimate of drug-likeness (QED) is 0.767. The molecule has 0 saturated heterocycles. The predicted octanol–water partition coefficient (Wildman–Crippen LogP) is 3.05. The van der Waals surface area contributed by atoms with Crippen molar-refractivity contribution in [3.63, 3.8) is 0 Å². The van der Waals surface area contributed by atoms with Crippen LogP contribution in [0.5, 0.6) is 0 Å². The van der Waals surface area contributed by atoms with Gasteiger partial charge in [0.1, 0.15) is 5.52 Å². The van der Waals surface area contributed by atoms with Crippen molar-refractivity contribution in [2.24, 2.45) is 0 Å². The summed E-state index contributed by atoms with van der Waals surface area (Å²) in [6, 6.07) is 3.80. The van der Waals surface area contributed by atoms with Crippen LogP contribution in [0.25, 0.3) is 11.2 Å². The van der Waals surface area contributed by atoms with E-state index in [2.05, 4.69) is 23.0 Å². The Morgan fingerprint density at radius 3 is 2.09 bits per heavy atom. The summed E-state index contributed by atoms with van der Waals surface area (Å²) < 4.78 is 0. The first-order valence-electron chi connectivity index (χ1n) is 7.22. The molecule has 0 spiro atoms. The molecule has 2 rings (SSSR count). The number of nitrogens with zero attached hydrogens (tertiary/aromatic N) is 5. The topological polar surface area (TPSA) is 45.2 Å². The lowest BCUT2D eigenvalue weighted by molar-refractivity contribution is 0.905. The summed E-state index contributed by atoms with van der Waals surface area (Å²) in [6.07, 6.45) is 1.73. The van der Waals surface area contributed by atoms with E-state index in [1.807, 2.05) is 45.0 Å². The fraction of sp³-hybridized carbons (Fsp3) is 0.353. The molecule has 0 N–H and O–H groups in total. The van der Waals surface area contributed by atoms with Crippen LogP contribution >= 0.6 is 0 Å². The fourth-order valence-corrected chi connectivity index (χ4v) is 2.35. The Morgan fingerprint density at radius 2 is 1.55 bits per heavy atom. The zero-order valence-corrected chi connectivity index (χ0v) is 13.8. The molecule has 2 heterocycles. The lowest BCUT2D eigenvalue weighted by Gasteiger charge is -2.26. The third kappa shape index (κ3) is 3.61. The van der Waals surface area contributed by atoms with Gasteiger partial charge in [0, 0.05) is 33.4 Å². The Hall–Kier alpha value is -2.43. The maximum Gasteiger partial charge on any atom is 0.180 e. The molecule has 0 atom stereocenters. The molecule has 5 heteroatoms. The second-order valence-electron chi connectivity index (χ2n) is 5.84. The summed E-state index contributed by atoms with van der Waals surface area (Å²) in [5.74, 6) is 1.63. The standard InChI is InChI=1S/C17H23N5/c1-12(2)10-21(5)16-17(22(6)11-13(3)4)20-15-14(19-16)8-7-9-18-15/h7-9H,1,3,10-11H2,2,4-6H3. The van der Waals surface area contributed by atoms with Gasteiger partial charge >= 0.3 is 0 Å². The maximum absolute atomic E-state index is 4.74. The van der Waals surface area contributed by atoms with E-state index in [-0.39, 0.29) is 0 Å². The molecule has 2 aromatic rings. The number of aromatic nitrogens is 3. The molecule has 0 bridgehead atoms. The third-order valence-corrected chi connectivity index (χ3v) is 3.14. The monoisotopic (exact) mass is 297 g/mol. The summed E-state index contributed by atoms with van der Waals surface area (Å²) in [7, 11) is 3.99. The highest BCUT2D eigenvalue weighted by Crippen LogP contribution is 2.26. The molecule has 5 nitrogen and oxygen atoms in total. The van der Waals surface area contributed by atoms with Crippen LogP contribution in [0.2, 0.25) is 0 Å². The van der Waals surface area contributed by atoms with Crippen molar-refractivity contribution in [2.75, 3.05) is 37.0 Å². The molecular weight excluding hydrogens is 274 g/mol. The van der Waals surface area contributed by atoms with E-state index in [0.717, 1.165) is 41.4 Å². The second kappa shape index (κ2) is 6.56. The van der Waals surface area contributed by atoms with E-state index in [1.54, 1.807) is 6.20 Å². The van der Waals surface area contributed by atoms with Gasteiger partial charge < -0.3 is 9.80 Å². The van der Waals surface area contributed by atoms with Crippen LogP contribution in [0.15, 0.2) is 42.6 Å². The SMILES string of the molecule is C=C(C)CN(C)c1nc2cccnc2nc1N(C)CC(=C)C. The highest BCUT2D eigenvalue weighted by molar-refractivity contribution is 5.78. The normalized spacial score (nSPS) is 10.5. The van der Waals surface area contributed by atoms with Crippen LogP contribution in [-0.4, -0.2) is 42.1 Å². The van der Waals surface area contributed by atoms with Gasteiger partial charge in [-0.25, -0.2) is 15.0 Å². The van der Waals surface area contributed by atoms with Gasteiger partial charge in [-0.1, -0.05) is 24.3 Å².